The molecule has 1 N–H and O–H groups in total. The summed E-state index contributed by atoms with van der Waals surface area (Å²) < 4.78 is 0. The first kappa shape index (κ1) is 15.3. The van der Waals surface area contributed by atoms with Crippen LogP contribution in [0, 0.1) is 0 Å². The summed E-state index contributed by atoms with van der Waals surface area (Å²) in [5.41, 5.74) is 1.89. The Labute approximate surface area is 136 Å². The van der Waals surface area contributed by atoms with E-state index in [0.717, 1.165) is 24.2 Å². The molecule has 0 aliphatic heterocycles. The van der Waals surface area contributed by atoms with Gasteiger partial charge in [0.05, 0.1) is 24.1 Å². The lowest BCUT2D eigenvalue weighted by Gasteiger charge is -2.22. The summed E-state index contributed by atoms with van der Waals surface area (Å²) in [6.07, 6.45) is 5.59. The van der Waals surface area contributed by atoms with E-state index < -0.39 is 0 Å². The summed E-state index contributed by atoms with van der Waals surface area (Å²) in [5, 5.41) is 2.88. The van der Waals surface area contributed by atoms with Crippen LogP contribution < -0.4 is 10.2 Å². The van der Waals surface area contributed by atoms with Crippen molar-refractivity contribution in [1.29, 1.82) is 0 Å². The summed E-state index contributed by atoms with van der Waals surface area (Å²) in [5.74, 6) is 0.562. The molecule has 0 bridgehead atoms. The van der Waals surface area contributed by atoms with E-state index in [9.17, 15) is 4.79 Å². The molecule has 1 aliphatic carbocycles. The average Bonchev–Trinajstić information content (AvgIpc) is 3.39. The molecule has 120 valence electrons. The maximum Gasteiger partial charge on any atom is 0.323 e. The first-order chi connectivity index (χ1) is 11.1. The number of nitrogens with one attached hydrogen (secondary N) is 1. The highest BCUT2D eigenvalue weighted by Crippen LogP contribution is 2.28. The number of hydrogen-bond acceptors (Lipinski definition) is 4. The van der Waals surface area contributed by atoms with Crippen LogP contribution in [0.3, 0.4) is 0 Å². The van der Waals surface area contributed by atoms with E-state index in [1.807, 2.05) is 54.2 Å². The van der Waals surface area contributed by atoms with Crippen molar-refractivity contribution in [2.24, 2.45) is 0 Å². The van der Waals surface area contributed by atoms with Crippen LogP contribution in [0.4, 0.5) is 16.3 Å². The third-order valence-corrected chi connectivity index (χ3v) is 3.81. The summed E-state index contributed by atoms with van der Waals surface area (Å²) in [4.78, 5) is 25.0. The predicted octanol–water partition coefficient (Wildman–Crippen LogP) is 2.74. The zero-order chi connectivity index (χ0) is 16.2. The third kappa shape index (κ3) is 3.97. The Morgan fingerprint density at radius 3 is 2.61 bits per heavy atom. The first-order valence-corrected chi connectivity index (χ1v) is 7.74. The minimum atomic E-state index is -0.122. The smallest absolute Gasteiger partial charge is 0.323 e. The number of amides is 2. The third-order valence-electron chi connectivity index (χ3n) is 3.81. The van der Waals surface area contributed by atoms with E-state index in [-0.39, 0.29) is 6.03 Å². The van der Waals surface area contributed by atoms with E-state index in [1.54, 1.807) is 12.4 Å². The predicted molar refractivity (Wildman–Crippen MR) is 90.4 cm³/mol. The van der Waals surface area contributed by atoms with Crippen LogP contribution in [0.1, 0.15) is 18.5 Å². The number of hydrogen-bond donors (Lipinski definition) is 1. The van der Waals surface area contributed by atoms with Gasteiger partial charge in [-0.3, -0.25) is 10.3 Å². The summed E-state index contributed by atoms with van der Waals surface area (Å²) in [6.45, 7) is 0.521. The highest BCUT2D eigenvalue weighted by atomic mass is 16.2. The van der Waals surface area contributed by atoms with Crippen LogP contribution >= 0.6 is 0 Å². The Bertz CT molecular complexity index is 652. The normalized spacial score (nSPS) is 13.5. The Balaban J connectivity index is 1.67. The number of aromatic nitrogens is 2. The number of urea groups is 1. The fourth-order valence-corrected chi connectivity index (χ4v) is 2.33. The molecule has 3 rings (SSSR count). The van der Waals surface area contributed by atoms with Crippen molar-refractivity contribution < 1.29 is 4.79 Å². The van der Waals surface area contributed by atoms with Gasteiger partial charge in [-0.25, -0.2) is 9.78 Å². The second-order valence-corrected chi connectivity index (χ2v) is 5.91. The molecule has 1 fully saturated rings. The highest BCUT2D eigenvalue weighted by Gasteiger charge is 2.33. The van der Waals surface area contributed by atoms with Gasteiger partial charge in [0.15, 0.2) is 0 Å². The van der Waals surface area contributed by atoms with Crippen molar-refractivity contribution >= 4 is 17.5 Å². The molecule has 0 saturated heterocycles. The molecule has 1 saturated carbocycles. The number of pyridine rings is 2. The molecule has 2 amide bonds. The van der Waals surface area contributed by atoms with Crippen molar-refractivity contribution in [3.8, 4) is 0 Å². The summed E-state index contributed by atoms with van der Waals surface area (Å²) in [7, 11) is 3.91. The van der Waals surface area contributed by atoms with E-state index in [1.165, 1.54) is 0 Å². The number of nitrogens with zero attached hydrogens (tertiary/aromatic N) is 4. The minimum absolute atomic E-state index is 0.122. The molecule has 0 unspecified atom stereocenters. The van der Waals surface area contributed by atoms with Gasteiger partial charge >= 0.3 is 6.03 Å². The van der Waals surface area contributed by atoms with Crippen LogP contribution in [0.15, 0.2) is 42.7 Å². The molecule has 2 heterocycles. The molecule has 2 aromatic rings. The molecular formula is C17H21N5O. The molecule has 23 heavy (non-hydrogen) atoms. The van der Waals surface area contributed by atoms with Gasteiger partial charge in [-0.2, -0.15) is 0 Å². The van der Waals surface area contributed by atoms with Crippen LogP contribution in [-0.2, 0) is 6.54 Å². The topological polar surface area (TPSA) is 61.4 Å². The monoisotopic (exact) mass is 311 g/mol. The first-order valence-electron chi connectivity index (χ1n) is 7.74. The average molecular weight is 311 g/mol. The van der Waals surface area contributed by atoms with Crippen molar-refractivity contribution in [2.75, 3.05) is 24.3 Å². The van der Waals surface area contributed by atoms with Crippen molar-refractivity contribution in [2.45, 2.75) is 25.4 Å². The number of carbonyl (C=O) groups excluding carboxylic acids is 1. The number of rotatable bonds is 5. The number of anilines is 2. The van der Waals surface area contributed by atoms with Gasteiger partial charge in [0.25, 0.3) is 0 Å². The Morgan fingerprint density at radius 2 is 2.04 bits per heavy atom. The lowest BCUT2D eigenvalue weighted by molar-refractivity contribution is 0.205. The molecule has 6 nitrogen and oxygen atoms in total. The minimum Gasteiger partial charge on any atom is -0.376 e. The van der Waals surface area contributed by atoms with Gasteiger partial charge in [0, 0.05) is 26.3 Å². The Hall–Kier alpha value is -2.63. The van der Waals surface area contributed by atoms with E-state index in [0.29, 0.717) is 18.4 Å². The highest BCUT2D eigenvalue weighted by molar-refractivity contribution is 5.88. The van der Waals surface area contributed by atoms with Gasteiger partial charge in [-0.15, -0.1) is 0 Å². The lowest BCUT2D eigenvalue weighted by atomic mass is 10.3. The van der Waals surface area contributed by atoms with Gasteiger partial charge in [-0.1, -0.05) is 6.07 Å². The molecule has 1 aliphatic rings. The van der Waals surface area contributed by atoms with Crippen molar-refractivity contribution in [3.63, 3.8) is 0 Å². The standard InChI is InChI=1S/C17H21N5O/c1-21(2)15-8-9-16(19-11-15)20-17(23)22(14-6-7-14)12-13-5-3-4-10-18-13/h3-5,8-11,14H,6-7,12H2,1-2H3,(H,19,20,23). The Kier molecular flexibility index (Phi) is 4.41. The van der Waals surface area contributed by atoms with Crippen LogP contribution in [-0.4, -0.2) is 41.0 Å². The summed E-state index contributed by atoms with van der Waals surface area (Å²) in [6, 6.07) is 9.68. The molecule has 2 aromatic heterocycles. The van der Waals surface area contributed by atoms with Crippen molar-refractivity contribution in [3.05, 3.63) is 48.4 Å². The van der Waals surface area contributed by atoms with Crippen LogP contribution in [0.25, 0.3) is 0 Å². The number of carbonyl (C=O) groups is 1. The molecule has 6 heteroatoms. The lowest BCUT2D eigenvalue weighted by Crippen LogP contribution is -2.36. The Morgan fingerprint density at radius 1 is 1.22 bits per heavy atom. The second-order valence-electron chi connectivity index (χ2n) is 5.91. The van der Waals surface area contributed by atoms with Gasteiger partial charge < -0.3 is 9.80 Å². The second kappa shape index (κ2) is 6.64. The zero-order valence-electron chi connectivity index (χ0n) is 13.4. The maximum atomic E-state index is 12.6. The molecule has 0 spiro atoms. The summed E-state index contributed by atoms with van der Waals surface area (Å²) >= 11 is 0. The van der Waals surface area contributed by atoms with Gasteiger partial charge in [-0.05, 0) is 37.1 Å². The largest absolute Gasteiger partial charge is 0.376 e. The van der Waals surface area contributed by atoms with Crippen molar-refractivity contribution in [1.82, 2.24) is 14.9 Å². The molecule has 0 radical (unpaired) electrons. The van der Waals surface area contributed by atoms with E-state index in [2.05, 4.69) is 15.3 Å². The van der Waals surface area contributed by atoms with Crippen LogP contribution in [0.2, 0.25) is 0 Å². The van der Waals surface area contributed by atoms with Gasteiger partial charge in [0.2, 0.25) is 0 Å². The SMILES string of the molecule is CN(C)c1ccc(NC(=O)N(Cc2ccccn2)C2CC2)nc1. The van der Waals surface area contributed by atoms with Crippen LogP contribution in [0.5, 0.6) is 0 Å². The van der Waals surface area contributed by atoms with E-state index in [4.69, 9.17) is 0 Å². The quantitative estimate of drug-likeness (QED) is 0.922. The van der Waals surface area contributed by atoms with Gasteiger partial charge in [0.1, 0.15) is 5.82 Å². The fraction of sp³-hybridized carbons (Fsp3) is 0.353. The zero-order valence-corrected chi connectivity index (χ0v) is 13.4. The molecule has 0 atom stereocenters. The fourth-order valence-electron chi connectivity index (χ4n) is 2.33. The molecular weight excluding hydrogens is 290 g/mol. The van der Waals surface area contributed by atoms with E-state index >= 15 is 0 Å². The molecule has 0 aromatic carbocycles. The maximum absolute atomic E-state index is 12.6.